The minimum atomic E-state index is 0.525. The Morgan fingerprint density at radius 1 is 1.73 bits per heavy atom. The van der Waals surface area contributed by atoms with Crippen LogP contribution in [0.1, 0.15) is 17.3 Å². The summed E-state index contributed by atoms with van der Waals surface area (Å²) in [5.41, 5.74) is 2.27. The predicted molar refractivity (Wildman–Crippen MR) is 45.1 cm³/mol. The van der Waals surface area contributed by atoms with E-state index in [1.807, 2.05) is 6.07 Å². The van der Waals surface area contributed by atoms with E-state index in [1.165, 1.54) is 5.56 Å². The van der Waals surface area contributed by atoms with E-state index in [1.54, 1.807) is 12.3 Å². The molecule has 1 fully saturated rings. The Hall–Kier alpha value is -1.15. The quantitative estimate of drug-likeness (QED) is 0.639. The fourth-order valence-electron chi connectivity index (χ4n) is 1.17. The highest BCUT2D eigenvalue weighted by molar-refractivity contribution is 5.48. The molecule has 2 heterocycles. The third-order valence-corrected chi connectivity index (χ3v) is 1.85. The van der Waals surface area contributed by atoms with Crippen molar-refractivity contribution in [2.24, 2.45) is 0 Å². The minimum Gasteiger partial charge on any atom is -0.307 e. The fraction of sp³-hybridized carbons (Fsp3) is 0.222. The van der Waals surface area contributed by atoms with Gasteiger partial charge in [0.15, 0.2) is 0 Å². The first kappa shape index (κ1) is 6.55. The van der Waals surface area contributed by atoms with Crippen LogP contribution in [0.15, 0.2) is 24.9 Å². The van der Waals surface area contributed by atoms with Gasteiger partial charge < -0.3 is 5.32 Å². The Morgan fingerprint density at radius 3 is 3.18 bits per heavy atom. The van der Waals surface area contributed by atoms with Crippen molar-refractivity contribution in [2.45, 2.75) is 6.04 Å². The zero-order chi connectivity index (χ0) is 7.68. The molecule has 2 nitrogen and oxygen atoms in total. The largest absolute Gasteiger partial charge is 0.307 e. The van der Waals surface area contributed by atoms with Crippen LogP contribution in [0.4, 0.5) is 0 Å². The van der Waals surface area contributed by atoms with Gasteiger partial charge in [0.05, 0.1) is 5.69 Å². The highest BCUT2D eigenvalue weighted by Crippen LogP contribution is 2.23. The van der Waals surface area contributed by atoms with Crippen LogP contribution in [0.5, 0.6) is 0 Å². The molecule has 1 aliphatic heterocycles. The van der Waals surface area contributed by atoms with Crippen molar-refractivity contribution in [3.63, 3.8) is 0 Å². The van der Waals surface area contributed by atoms with Crippen LogP contribution in [0, 0.1) is 0 Å². The average Bonchev–Trinajstić information content (AvgIpc) is 2.87. The van der Waals surface area contributed by atoms with Gasteiger partial charge in [0.2, 0.25) is 0 Å². The first-order valence-corrected chi connectivity index (χ1v) is 3.72. The normalized spacial score (nSPS) is 21.3. The van der Waals surface area contributed by atoms with E-state index in [2.05, 4.69) is 22.9 Å². The maximum atomic E-state index is 4.20. The second-order valence-electron chi connectivity index (χ2n) is 2.64. The number of nitrogens with zero attached hydrogens (tertiary/aromatic N) is 1. The van der Waals surface area contributed by atoms with Crippen molar-refractivity contribution in [1.29, 1.82) is 0 Å². The van der Waals surface area contributed by atoms with Crippen molar-refractivity contribution in [3.05, 3.63) is 36.2 Å². The minimum absolute atomic E-state index is 0.525. The Bertz CT molecular complexity index is 277. The number of hydrogen-bond acceptors (Lipinski definition) is 2. The maximum absolute atomic E-state index is 4.20. The summed E-state index contributed by atoms with van der Waals surface area (Å²) in [6, 6.07) is 4.58. The van der Waals surface area contributed by atoms with Crippen molar-refractivity contribution in [1.82, 2.24) is 10.3 Å². The van der Waals surface area contributed by atoms with Gasteiger partial charge in [-0.05, 0) is 17.7 Å². The number of hydrogen-bond donors (Lipinski definition) is 1. The lowest BCUT2D eigenvalue weighted by Gasteiger charge is -1.99. The summed E-state index contributed by atoms with van der Waals surface area (Å²) in [6.45, 7) is 4.79. The third kappa shape index (κ3) is 1.17. The van der Waals surface area contributed by atoms with E-state index >= 15 is 0 Å². The molecule has 2 rings (SSSR count). The topological polar surface area (TPSA) is 34.8 Å². The molecule has 0 unspecified atom stereocenters. The lowest BCUT2D eigenvalue weighted by Crippen LogP contribution is -1.91. The van der Waals surface area contributed by atoms with Crippen molar-refractivity contribution in [2.75, 3.05) is 6.54 Å². The molecule has 0 saturated carbocycles. The molecule has 1 atom stereocenters. The SMILES string of the molecule is C=Cc1ncccc1[C@@H]1CN1. The Morgan fingerprint density at radius 2 is 2.55 bits per heavy atom. The Labute approximate surface area is 66.0 Å². The van der Waals surface area contributed by atoms with Crippen LogP contribution in [0.3, 0.4) is 0 Å². The van der Waals surface area contributed by atoms with Gasteiger partial charge in [-0.25, -0.2) is 0 Å². The molecule has 1 aromatic rings. The van der Waals surface area contributed by atoms with E-state index in [-0.39, 0.29) is 0 Å². The average molecular weight is 146 g/mol. The van der Waals surface area contributed by atoms with Crippen LogP contribution in [0.25, 0.3) is 6.08 Å². The molecule has 0 spiro atoms. The summed E-state index contributed by atoms with van der Waals surface area (Å²) in [5, 5.41) is 3.24. The molecule has 0 bridgehead atoms. The number of nitrogens with one attached hydrogen (secondary N) is 1. The number of pyridine rings is 1. The second-order valence-corrected chi connectivity index (χ2v) is 2.64. The first-order chi connectivity index (χ1) is 5.42. The fourth-order valence-corrected chi connectivity index (χ4v) is 1.17. The molecular weight excluding hydrogens is 136 g/mol. The van der Waals surface area contributed by atoms with Gasteiger partial charge in [0, 0.05) is 18.8 Å². The molecule has 1 N–H and O–H groups in total. The van der Waals surface area contributed by atoms with Crippen LogP contribution >= 0.6 is 0 Å². The number of aromatic nitrogens is 1. The molecule has 56 valence electrons. The van der Waals surface area contributed by atoms with Gasteiger partial charge >= 0.3 is 0 Å². The zero-order valence-corrected chi connectivity index (χ0v) is 6.25. The molecule has 1 aromatic heterocycles. The Balaban J connectivity index is 2.42. The first-order valence-electron chi connectivity index (χ1n) is 3.72. The monoisotopic (exact) mass is 146 g/mol. The van der Waals surface area contributed by atoms with Crippen molar-refractivity contribution < 1.29 is 0 Å². The van der Waals surface area contributed by atoms with Gasteiger partial charge in [-0.3, -0.25) is 4.98 Å². The van der Waals surface area contributed by atoms with E-state index in [9.17, 15) is 0 Å². The van der Waals surface area contributed by atoms with E-state index in [4.69, 9.17) is 0 Å². The predicted octanol–water partition coefficient (Wildman–Crippen LogP) is 1.37. The molecule has 1 aliphatic rings. The Kier molecular flexibility index (Phi) is 1.47. The van der Waals surface area contributed by atoms with Gasteiger partial charge in [0.25, 0.3) is 0 Å². The highest BCUT2D eigenvalue weighted by Gasteiger charge is 2.24. The smallest absolute Gasteiger partial charge is 0.0672 e. The molecule has 11 heavy (non-hydrogen) atoms. The number of rotatable bonds is 2. The van der Waals surface area contributed by atoms with Crippen molar-refractivity contribution >= 4 is 6.08 Å². The van der Waals surface area contributed by atoms with Crippen molar-refractivity contribution in [3.8, 4) is 0 Å². The van der Waals surface area contributed by atoms with Crippen LogP contribution < -0.4 is 5.32 Å². The van der Waals surface area contributed by atoms with Crippen LogP contribution in [-0.2, 0) is 0 Å². The molecule has 0 radical (unpaired) electrons. The van der Waals surface area contributed by atoms with Crippen LogP contribution in [-0.4, -0.2) is 11.5 Å². The summed E-state index contributed by atoms with van der Waals surface area (Å²) in [5.74, 6) is 0. The lowest BCUT2D eigenvalue weighted by atomic mass is 10.1. The summed E-state index contributed by atoms with van der Waals surface area (Å²) in [6.07, 6.45) is 3.60. The summed E-state index contributed by atoms with van der Waals surface area (Å²) in [4.78, 5) is 4.20. The second kappa shape index (κ2) is 2.47. The van der Waals surface area contributed by atoms with Gasteiger partial charge in [-0.1, -0.05) is 12.6 Å². The molecule has 2 heteroatoms. The zero-order valence-electron chi connectivity index (χ0n) is 6.25. The summed E-state index contributed by atoms with van der Waals surface area (Å²) >= 11 is 0. The molecule has 0 aliphatic carbocycles. The van der Waals surface area contributed by atoms with Gasteiger partial charge in [-0.2, -0.15) is 0 Å². The molecule has 1 saturated heterocycles. The third-order valence-electron chi connectivity index (χ3n) is 1.85. The maximum Gasteiger partial charge on any atom is 0.0672 e. The molecular formula is C9H10N2. The molecule has 0 amide bonds. The highest BCUT2D eigenvalue weighted by atomic mass is 15.1. The van der Waals surface area contributed by atoms with Gasteiger partial charge in [-0.15, -0.1) is 0 Å². The van der Waals surface area contributed by atoms with E-state index in [0.717, 1.165) is 12.2 Å². The lowest BCUT2D eigenvalue weighted by molar-refractivity contribution is 1.04. The van der Waals surface area contributed by atoms with Gasteiger partial charge in [0.1, 0.15) is 0 Å². The summed E-state index contributed by atoms with van der Waals surface area (Å²) in [7, 11) is 0. The van der Waals surface area contributed by atoms with E-state index < -0.39 is 0 Å². The summed E-state index contributed by atoms with van der Waals surface area (Å²) < 4.78 is 0. The molecule has 0 aromatic carbocycles. The van der Waals surface area contributed by atoms with E-state index in [0.29, 0.717) is 6.04 Å². The standard InChI is InChI=1S/C9H10N2/c1-2-8-7(9-6-11-9)4-3-5-10-8/h2-5,9,11H,1,6H2/t9-/m0/s1. The van der Waals surface area contributed by atoms with Crippen LogP contribution in [0.2, 0.25) is 0 Å².